The van der Waals surface area contributed by atoms with Gasteiger partial charge in [-0.25, -0.2) is 4.98 Å². The van der Waals surface area contributed by atoms with Gasteiger partial charge in [0.15, 0.2) is 0 Å². The van der Waals surface area contributed by atoms with Crippen molar-refractivity contribution in [3.63, 3.8) is 0 Å². The van der Waals surface area contributed by atoms with Gasteiger partial charge in [-0.15, -0.1) is 0 Å². The van der Waals surface area contributed by atoms with Gasteiger partial charge in [-0.05, 0) is 57.0 Å². The van der Waals surface area contributed by atoms with E-state index in [1.54, 1.807) is 6.20 Å². The van der Waals surface area contributed by atoms with E-state index < -0.39 is 11.9 Å². The summed E-state index contributed by atoms with van der Waals surface area (Å²) in [5, 5.41) is 0. The fraction of sp³-hybridized carbons (Fsp3) is 0.417. The van der Waals surface area contributed by atoms with Crippen LogP contribution in [0.1, 0.15) is 38.8 Å². The van der Waals surface area contributed by atoms with Crippen molar-refractivity contribution in [2.24, 2.45) is 10.9 Å². The van der Waals surface area contributed by atoms with Gasteiger partial charge >= 0.3 is 6.18 Å². The van der Waals surface area contributed by atoms with Gasteiger partial charge in [0.1, 0.15) is 17.2 Å². The molecule has 1 aliphatic rings. The summed E-state index contributed by atoms with van der Waals surface area (Å²) in [7, 11) is 0. The third-order valence-corrected chi connectivity index (χ3v) is 5.23. The lowest BCUT2D eigenvalue weighted by Gasteiger charge is -2.33. The van der Waals surface area contributed by atoms with E-state index in [1.165, 1.54) is 6.07 Å². The number of halogens is 3. The monoisotopic (exact) mass is 433 g/mol. The Kier molecular flexibility index (Phi) is 8.80. The maximum absolute atomic E-state index is 12.7. The fourth-order valence-corrected chi connectivity index (χ4v) is 3.36. The lowest BCUT2D eigenvalue weighted by molar-refractivity contribution is -0.141. The molecular formula is C24H30F3N3O. The van der Waals surface area contributed by atoms with E-state index in [9.17, 15) is 13.2 Å². The number of allylic oxidation sites excluding steroid dienone is 2. The molecule has 0 unspecified atom stereocenters. The van der Waals surface area contributed by atoms with Crippen LogP contribution in [-0.2, 0) is 6.18 Å². The lowest BCUT2D eigenvalue weighted by atomic mass is 9.90. The summed E-state index contributed by atoms with van der Waals surface area (Å²) in [5.74, 6) is 0.657. The summed E-state index contributed by atoms with van der Waals surface area (Å²) in [6.07, 6.45) is 2.68. The largest absolute Gasteiger partial charge is 0.454 e. The second-order valence-electron chi connectivity index (χ2n) is 7.51. The second-order valence-corrected chi connectivity index (χ2v) is 7.51. The SMILES string of the molecule is C=C(CC)C(=C)CN1CCC(/C(=N/C=C\C)C(=C)Oc2ccc(C(F)(F)F)nc2)CC1. The minimum Gasteiger partial charge on any atom is -0.454 e. The summed E-state index contributed by atoms with van der Waals surface area (Å²) >= 11 is 0. The van der Waals surface area contributed by atoms with E-state index in [2.05, 4.69) is 41.5 Å². The molecule has 7 heteroatoms. The quantitative estimate of drug-likeness (QED) is 0.264. The molecule has 0 saturated carbocycles. The van der Waals surface area contributed by atoms with Crippen molar-refractivity contribution >= 4 is 5.71 Å². The highest BCUT2D eigenvalue weighted by Gasteiger charge is 2.32. The molecule has 0 atom stereocenters. The maximum Gasteiger partial charge on any atom is 0.433 e. The molecule has 4 nitrogen and oxygen atoms in total. The van der Waals surface area contributed by atoms with Crippen molar-refractivity contribution < 1.29 is 17.9 Å². The molecule has 0 bridgehead atoms. The summed E-state index contributed by atoms with van der Waals surface area (Å²) in [6, 6.07) is 2.13. The number of aliphatic imine (C=N–C) groups is 1. The molecule has 2 rings (SSSR count). The van der Waals surface area contributed by atoms with Crippen LogP contribution in [0.25, 0.3) is 0 Å². The summed E-state index contributed by atoms with van der Waals surface area (Å²) in [5.41, 5.74) is 1.87. The molecule has 1 fully saturated rings. The van der Waals surface area contributed by atoms with E-state index >= 15 is 0 Å². The number of ether oxygens (including phenoxy) is 1. The zero-order chi connectivity index (χ0) is 23.0. The lowest BCUT2D eigenvalue weighted by Crippen LogP contribution is -2.38. The molecule has 31 heavy (non-hydrogen) atoms. The maximum atomic E-state index is 12.7. The van der Waals surface area contributed by atoms with Gasteiger partial charge in [-0.2, -0.15) is 13.2 Å². The topological polar surface area (TPSA) is 37.7 Å². The number of pyridine rings is 1. The van der Waals surface area contributed by atoms with E-state index in [-0.39, 0.29) is 11.7 Å². The van der Waals surface area contributed by atoms with Crippen LogP contribution in [0.5, 0.6) is 5.75 Å². The molecule has 0 aromatic carbocycles. The smallest absolute Gasteiger partial charge is 0.433 e. The number of nitrogens with zero attached hydrogens (tertiary/aromatic N) is 3. The summed E-state index contributed by atoms with van der Waals surface area (Å²) < 4.78 is 43.8. The minimum atomic E-state index is -4.49. The molecule has 1 aliphatic heterocycles. The van der Waals surface area contributed by atoms with Crippen molar-refractivity contribution in [2.45, 2.75) is 39.3 Å². The number of aromatic nitrogens is 1. The molecular weight excluding hydrogens is 403 g/mol. The molecule has 168 valence electrons. The highest BCUT2D eigenvalue weighted by molar-refractivity contribution is 6.00. The third kappa shape index (κ3) is 7.21. The first-order valence-corrected chi connectivity index (χ1v) is 10.3. The number of hydrogen-bond donors (Lipinski definition) is 0. The Balaban J connectivity index is 2.03. The number of hydrogen-bond acceptors (Lipinski definition) is 4. The van der Waals surface area contributed by atoms with E-state index in [1.807, 2.05) is 13.0 Å². The molecule has 2 heterocycles. The second kappa shape index (κ2) is 11.1. The first-order chi connectivity index (χ1) is 14.7. The average molecular weight is 434 g/mol. The van der Waals surface area contributed by atoms with Crippen LogP contribution in [0.4, 0.5) is 13.2 Å². The van der Waals surface area contributed by atoms with Gasteiger partial charge in [0, 0.05) is 18.7 Å². The first-order valence-electron chi connectivity index (χ1n) is 10.3. The fourth-order valence-electron chi connectivity index (χ4n) is 3.36. The van der Waals surface area contributed by atoms with Crippen LogP contribution in [0.2, 0.25) is 0 Å². The highest BCUT2D eigenvalue weighted by Crippen LogP contribution is 2.29. The van der Waals surface area contributed by atoms with E-state index in [4.69, 9.17) is 4.74 Å². The first kappa shape index (κ1) is 24.6. The molecule has 1 aromatic rings. The van der Waals surface area contributed by atoms with Gasteiger partial charge in [0.25, 0.3) is 0 Å². The Morgan fingerprint density at radius 1 is 1.23 bits per heavy atom. The van der Waals surface area contributed by atoms with Crippen LogP contribution in [0.3, 0.4) is 0 Å². The van der Waals surface area contributed by atoms with Crippen LogP contribution in [0.15, 0.2) is 72.2 Å². The Morgan fingerprint density at radius 3 is 2.42 bits per heavy atom. The zero-order valence-electron chi connectivity index (χ0n) is 18.2. The standard InChI is InChI=1S/C24H30F3N3O/c1-6-12-28-23(19(5)31-21-8-9-22(29-15-21)24(25,26)27)20-10-13-30(14-11-20)16-18(4)17(3)7-2/h6,8-9,12,15,20H,3-5,7,10-11,13-14,16H2,1-2H3/b12-6-,28-23+. The predicted octanol–water partition coefficient (Wildman–Crippen LogP) is 6.20. The van der Waals surface area contributed by atoms with Gasteiger partial charge in [0.2, 0.25) is 0 Å². The Hall–Kier alpha value is -2.67. The molecule has 0 N–H and O–H groups in total. The van der Waals surface area contributed by atoms with Crippen molar-refractivity contribution in [2.75, 3.05) is 19.6 Å². The van der Waals surface area contributed by atoms with Gasteiger partial charge in [-0.3, -0.25) is 9.89 Å². The van der Waals surface area contributed by atoms with Crippen LogP contribution < -0.4 is 4.74 Å². The number of piperidine rings is 1. The van der Waals surface area contributed by atoms with Crippen molar-refractivity contribution in [3.8, 4) is 5.75 Å². The van der Waals surface area contributed by atoms with Crippen molar-refractivity contribution in [1.29, 1.82) is 0 Å². The molecule has 1 aromatic heterocycles. The summed E-state index contributed by atoms with van der Waals surface area (Å²) in [4.78, 5) is 10.3. The normalized spacial score (nSPS) is 16.5. The van der Waals surface area contributed by atoms with Crippen LogP contribution >= 0.6 is 0 Å². The summed E-state index contributed by atoms with van der Waals surface area (Å²) in [6.45, 7) is 18.6. The molecule has 0 spiro atoms. The van der Waals surface area contributed by atoms with Crippen LogP contribution in [0, 0.1) is 5.92 Å². The third-order valence-electron chi connectivity index (χ3n) is 5.23. The predicted molar refractivity (Wildman–Crippen MR) is 119 cm³/mol. The average Bonchev–Trinajstić information content (AvgIpc) is 2.74. The Labute approximate surface area is 182 Å². The zero-order valence-corrected chi connectivity index (χ0v) is 18.2. The Morgan fingerprint density at radius 2 is 1.90 bits per heavy atom. The van der Waals surface area contributed by atoms with Crippen molar-refractivity contribution in [1.82, 2.24) is 9.88 Å². The molecule has 1 saturated heterocycles. The minimum absolute atomic E-state index is 0.144. The molecule has 0 radical (unpaired) electrons. The number of likely N-dealkylation sites (tertiary alicyclic amines) is 1. The number of rotatable bonds is 9. The van der Waals surface area contributed by atoms with Gasteiger partial charge in [-0.1, -0.05) is 38.3 Å². The molecule has 0 amide bonds. The van der Waals surface area contributed by atoms with Gasteiger partial charge < -0.3 is 4.74 Å². The van der Waals surface area contributed by atoms with E-state index in [0.717, 1.165) is 62.3 Å². The number of alkyl halides is 3. The van der Waals surface area contributed by atoms with Gasteiger partial charge in [0.05, 0.1) is 11.9 Å². The highest BCUT2D eigenvalue weighted by atomic mass is 19.4. The van der Waals surface area contributed by atoms with Crippen molar-refractivity contribution in [3.05, 3.63) is 72.9 Å². The van der Waals surface area contributed by atoms with E-state index in [0.29, 0.717) is 11.5 Å². The Bertz CT molecular complexity index is 846. The molecule has 0 aliphatic carbocycles. The van der Waals surface area contributed by atoms with Crippen LogP contribution in [-0.4, -0.2) is 35.2 Å².